The Morgan fingerprint density at radius 3 is 2.64 bits per heavy atom. The Morgan fingerprint density at radius 1 is 1.40 bits per heavy atom. The van der Waals surface area contributed by atoms with Gasteiger partial charge in [-0.25, -0.2) is 4.52 Å². The van der Waals surface area contributed by atoms with E-state index in [1.807, 2.05) is 12.3 Å². The van der Waals surface area contributed by atoms with Gasteiger partial charge in [-0.05, 0) is 53.0 Å². The number of halogens is 1. The van der Waals surface area contributed by atoms with Crippen LogP contribution in [-0.2, 0) is 4.43 Å². The van der Waals surface area contributed by atoms with Crippen molar-refractivity contribution in [2.45, 2.75) is 57.3 Å². The molecule has 2 heterocycles. The van der Waals surface area contributed by atoms with Crippen molar-refractivity contribution in [2.75, 3.05) is 6.61 Å². The molecule has 134 valence electrons. The number of fused-ring (bicyclic) bond motifs is 1. The second-order valence-electron chi connectivity index (χ2n) is 8.32. The monoisotopic (exact) mass is 421 g/mol. The second kappa shape index (κ2) is 6.11. The predicted octanol–water partition coefficient (Wildman–Crippen LogP) is 4.90. The average molecular weight is 422 g/mol. The summed E-state index contributed by atoms with van der Waals surface area (Å²) in [5, 5.41) is 13.6. The molecule has 7 heteroatoms. The average Bonchev–Trinajstić information content (AvgIpc) is 3.12. The summed E-state index contributed by atoms with van der Waals surface area (Å²) in [4.78, 5) is 0. The van der Waals surface area contributed by atoms with Gasteiger partial charge in [0.1, 0.15) is 18.4 Å². The molecule has 0 spiro atoms. The normalized spacial score (nSPS) is 16.7. The number of ether oxygens (including phenoxy) is 1. The molecular weight excluding hydrogens is 398 g/mol. The summed E-state index contributed by atoms with van der Waals surface area (Å²) in [5.41, 5.74) is 1.15. The van der Waals surface area contributed by atoms with Crippen molar-refractivity contribution in [3.63, 3.8) is 0 Å². The fourth-order valence-electron chi connectivity index (χ4n) is 2.53. The molecular formula is C18H24BrN3O2Si. The molecule has 1 saturated carbocycles. The van der Waals surface area contributed by atoms with Gasteiger partial charge >= 0.3 is 0 Å². The van der Waals surface area contributed by atoms with Crippen LogP contribution in [0.4, 0.5) is 0 Å². The van der Waals surface area contributed by atoms with Gasteiger partial charge in [-0.3, -0.25) is 0 Å². The van der Waals surface area contributed by atoms with Crippen molar-refractivity contribution in [2.24, 2.45) is 0 Å². The lowest BCUT2D eigenvalue weighted by Gasteiger charge is -2.39. The summed E-state index contributed by atoms with van der Waals surface area (Å²) in [7, 11) is -1.82. The lowest BCUT2D eigenvalue weighted by atomic mass is 10.2. The van der Waals surface area contributed by atoms with Gasteiger partial charge in [-0.15, -0.1) is 0 Å². The van der Waals surface area contributed by atoms with Crippen molar-refractivity contribution < 1.29 is 9.16 Å². The maximum absolute atomic E-state index is 9.14. The molecule has 1 aliphatic carbocycles. The van der Waals surface area contributed by atoms with E-state index in [9.17, 15) is 0 Å². The topological polar surface area (TPSA) is 59.5 Å². The molecule has 1 aliphatic rings. The van der Waals surface area contributed by atoms with E-state index >= 15 is 0 Å². The maximum Gasteiger partial charge on any atom is 0.193 e. The quantitative estimate of drug-likeness (QED) is 0.643. The third-order valence-electron chi connectivity index (χ3n) is 5.25. The number of hydrogen-bond donors (Lipinski definition) is 0. The summed E-state index contributed by atoms with van der Waals surface area (Å²) in [6.45, 7) is 11.9. The minimum atomic E-state index is -1.82. The smallest absolute Gasteiger partial charge is 0.193 e. The van der Waals surface area contributed by atoms with Crippen LogP contribution < -0.4 is 4.74 Å². The Balaban J connectivity index is 1.74. The molecule has 0 aromatic carbocycles. The van der Waals surface area contributed by atoms with Gasteiger partial charge in [0.2, 0.25) is 0 Å². The van der Waals surface area contributed by atoms with Crippen LogP contribution >= 0.6 is 15.9 Å². The van der Waals surface area contributed by atoms with Crippen molar-refractivity contribution in [1.82, 2.24) is 9.61 Å². The number of nitriles is 1. The highest BCUT2D eigenvalue weighted by molar-refractivity contribution is 9.10. The van der Waals surface area contributed by atoms with E-state index in [-0.39, 0.29) is 10.6 Å². The lowest BCUT2D eigenvalue weighted by Crippen LogP contribution is -2.46. The highest BCUT2D eigenvalue weighted by Gasteiger charge is 2.52. The first-order valence-corrected chi connectivity index (χ1v) is 12.2. The van der Waals surface area contributed by atoms with Gasteiger partial charge in [0.05, 0.1) is 29.1 Å². The summed E-state index contributed by atoms with van der Waals surface area (Å²) < 4.78 is 15.1. The highest BCUT2D eigenvalue weighted by Crippen LogP contribution is 2.47. The van der Waals surface area contributed by atoms with Crippen molar-refractivity contribution >= 4 is 29.8 Å². The molecule has 0 amide bonds. The van der Waals surface area contributed by atoms with E-state index in [1.165, 1.54) is 0 Å². The predicted molar refractivity (Wildman–Crippen MR) is 103 cm³/mol. The Morgan fingerprint density at radius 2 is 2.08 bits per heavy atom. The van der Waals surface area contributed by atoms with Crippen LogP contribution in [0.3, 0.4) is 0 Å². The van der Waals surface area contributed by atoms with E-state index in [4.69, 9.17) is 14.4 Å². The number of pyridine rings is 1. The molecule has 0 radical (unpaired) electrons. The number of nitrogens with zero attached hydrogens (tertiary/aromatic N) is 3. The molecule has 2 aromatic heterocycles. The first-order valence-electron chi connectivity index (χ1n) is 8.47. The standard InChI is InChI=1S/C18H24BrN3O2Si/c1-17(2,3)25(4,5)24-18(6-7-18)12-23-14-8-15(19)16-13(9-20)10-21-22(16)11-14/h8,10-11H,6-7,12H2,1-5H3. The van der Waals surface area contributed by atoms with Crippen molar-refractivity contribution in [3.8, 4) is 11.8 Å². The minimum absolute atomic E-state index is 0.146. The van der Waals surface area contributed by atoms with E-state index in [2.05, 4.69) is 61.0 Å². The Labute approximate surface area is 158 Å². The first kappa shape index (κ1) is 18.4. The molecule has 0 unspecified atom stereocenters. The van der Waals surface area contributed by atoms with E-state index in [1.54, 1.807) is 10.7 Å². The van der Waals surface area contributed by atoms with E-state index in [0.29, 0.717) is 12.2 Å². The third kappa shape index (κ3) is 3.62. The molecule has 0 atom stereocenters. The molecule has 25 heavy (non-hydrogen) atoms. The van der Waals surface area contributed by atoms with Crippen LogP contribution in [0.1, 0.15) is 39.2 Å². The van der Waals surface area contributed by atoms with Gasteiger partial charge in [0.25, 0.3) is 0 Å². The zero-order valence-corrected chi connectivity index (χ0v) is 18.0. The molecule has 0 N–H and O–H groups in total. The number of hydrogen-bond acceptors (Lipinski definition) is 4. The Hall–Kier alpha value is -1.36. The molecule has 0 bridgehead atoms. The van der Waals surface area contributed by atoms with Gasteiger partial charge in [-0.2, -0.15) is 10.4 Å². The largest absolute Gasteiger partial charge is 0.489 e. The molecule has 0 aliphatic heterocycles. The van der Waals surface area contributed by atoms with Crippen LogP contribution in [0, 0.1) is 11.3 Å². The van der Waals surface area contributed by atoms with Gasteiger partial charge in [0.15, 0.2) is 8.32 Å². The summed E-state index contributed by atoms with van der Waals surface area (Å²) in [6, 6.07) is 4.04. The van der Waals surface area contributed by atoms with Crippen molar-refractivity contribution in [1.29, 1.82) is 5.26 Å². The SMILES string of the molecule is CC(C)(C)[Si](C)(C)OC1(COc2cc(Br)c3c(C#N)cnn3c2)CC1. The van der Waals surface area contributed by atoms with Crippen LogP contribution in [0.15, 0.2) is 22.9 Å². The second-order valence-corrected chi connectivity index (χ2v) is 13.9. The molecule has 0 saturated heterocycles. The highest BCUT2D eigenvalue weighted by atomic mass is 79.9. The summed E-state index contributed by atoms with van der Waals surface area (Å²) in [6.07, 6.45) is 5.46. The molecule has 1 fully saturated rings. The van der Waals surface area contributed by atoms with E-state index in [0.717, 1.165) is 28.6 Å². The summed E-state index contributed by atoms with van der Waals surface area (Å²) in [5.74, 6) is 0.720. The molecule has 2 aromatic rings. The first-order chi connectivity index (χ1) is 11.6. The Bertz CT molecular complexity index is 844. The van der Waals surface area contributed by atoms with Crippen LogP contribution in [-0.4, -0.2) is 30.1 Å². The molecule has 3 rings (SSSR count). The van der Waals surface area contributed by atoms with Crippen molar-refractivity contribution in [3.05, 3.63) is 28.5 Å². The zero-order chi connectivity index (χ0) is 18.5. The number of aromatic nitrogens is 2. The van der Waals surface area contributed by atoms with Crippen LogP contribution in [0.2, 0.25) is 18.1 Å². The minimum Gasteiger partial charge on any atom is -0.489 e. The fraction of sp³-hybridized carbons (Fsp3) is 0.556. The van der Waals surface area contributed by atoms with E-state index < -0.39 is 8.32 Å². The maximum atomic E-state index is 9.14. The number of rotatable bonds is 5. The van der Waals surface area contributed by atoms with Gasteiger partial charge < -0.3 is 9.16 Å². The van der Waals surface area contributed by atoms with Crippen LogP contribution in [0.25, 0.3) is 5.52 Å². The zero-order valence-electron chi connectivity index (χ0n) is 15.4. The van der Waals surface area contributed by atoms with Gasteiger partial charge in [0, 0.05) is 4.47 Å². The summed E-state index contributed by atoms with van der Waals surface area (Å²) >= 11 is 3.51. The third-order valence-corrected chi connectivity index (χ3v) is 10.4. The lowest BCUT2D eigenvalue weighted by molar-refractivity contribution is 0.0939. The Kier molecular flexibility index (Phi) is 4.51. The fourth-order valence-corrected chi connectivity index (χ4v) is 4.81. The molecule has 5 nitrogen and oxygen atoms in total. The van der Waals surface area contributed by atoms with Gasteiger partial charge in [-0.1, -0.05) is 20.8 Å². The van der Waals surface area contributed by atoms with Crippen LogP contribution in [0.5, 0.6) is 5.75 Å².